The maximum atomic E-state index is 4.45. The Morgan fingerprint density at radius 1 is 1.09 bits per heavy atom. The third-order valence-corrected chi connectivity index (χ3v) is 6.60. The molecule has 6 nitrogen and oxygen atoms in total. The first-order valence-electron chi connectivity index (χ1n) is 11.9. The maximum Gasteiger partial charge on any atom is 0.129 e. The number of allylic oxidation sites excluding steroid dienone is 1. The fourth-order valence-corrected chi connectivity index (χ4v) is 4.34. The first-order valence-corrected chi connectivity index (χ1v) is 11.9. The van der Waals surface area contributed by atoms with Crippen molar-refractivity contribution in [3.8, 4) is 0 Å². The molecule has 0 bridgehead atoms. The first kappa shape index (κ1) is 23.6. The molecule has 1 aromatic carbocycles. The lowest BCUT2D eigenvalue weighted by molar-refractivity contribution is 0.252. The number of aliphatic imine (C=N–C) groups is 1. The van der Waals surface area contributed by atoms with E-state index in [1.165, 1.54) is 42.5 Å². The first-order chi connectivity index (χ1) is 16.6. The van der Waals surface area contributed by atoms with Crippen molar-refractivity contribution in [2.24, 2.45) is 4.99 Å². The molecule has 4 heterocycles. The average Bonchev–Trinajstić information content (AvgIpc) is 3.44. The molecule has 3 aromatic rings. The topological polar surface area (TPSA) is 56.7 Å². The zero-order valence-electron chi connectivity index (χ0n) is 20.4. The van der Waals surface area contributed by atoms with Crippen LogP contribution in [-0.4, -0.2) is 61.4 Å². The van der Waals surface area contributed by atoms with Crippen LogP contribution in [0.2, 0.25) is 0 Å². The number of nitrogens with zero attached hydrogens (tertiary/aromatic N) is 5. The number of hydrogen-bond acceptors (Lipinski definition) is 6. The molecule has 0 aliphatic carbocycles. The van der Waals surface area contributed by atoms with Crippen LogP contribution in [0, 0.1) is 0 Å². The molecule has 2 aliphatic heterocycles. The fourth-order valence-electron chi connectivity index (χ4n) is 4.34. The van der Waals surface area contributed by atoms with E-state index in [2.05, 4.69) is 81.1 Å². The van der Waals surface area contributed by atoms with Crippen LogP contribution in [0.15, 0.2) is 66.6 Å². The molecule has 2 aromatic heterocycles. The average molecular weight is 455 g/mol. The van der Waals surface area contributed by atoms with E-state index in [0.717, 1.165) is 29.0 Å². The number of rotatable bonds is 5. The number of likely N-dealkylation sites (tertiary alicyclic amines) is 1. The Balaban J connectivity index is 0.000000161. The van der Waals surface area contributed by atoms with Gasteiger partial charge in [-0.25, -0.2) is 9.97 Å². The highest BCUT2D eigenvalue weighted by Crippen LogP contribution is 2.26. The van der Waals surface area contributed by atoms with Crippen molar-refractivity contribution in [2.75, 3.05) is 44.4 Å². The van der Waals surface area contributed by atoms with E-state index in [1.54, 1.807) is 0 Å². The molecule has 0 radical (unpaired) electrons. The van der Waals surface area contributed by atoms with E-state index in [1.807, 2.05) is 44.0 Å². The zero-order valence-corrected chi connectivity index (χ0v) is 20.4. The molecule has 0 unspecified atom stereocenters. The lowest BCUT2D eigenvalue weighted by Crippen LogP contribution is -2.42. The minimum Gasteiger partial charge on any atom is -0.373 e. The van der Waals surface area contributed by atoms with Crippen LogP contribution >= 0.6 is 0 Å². The number of aromatic nitrogens is 2. The largest absolute Gasteiger partial charge is 0.373 e. The van der Waals surface area contributed by atoms with Crippen molar-refractivity contribution < 1.29 is 0 Å². The summed E-state index contributed by atoms with van der Waals surface area (Å²) in [7, 11) is 6.21. The number of piperidine rings is 1. The van der Waals surface area contributed by atoms with E-state index in [-0.39, 0.29) is 0 Å². The second kappa shape index (κ2) is 11.1. The van der Waals surface area contributed by atoms with Gasteiger partial charge in [0, 0.05) is 56.8 Å². The summed E-state index contributed by atoms with van der Waals surface area (Å²) in [5.74, 6) is 1.95. The minimum absolute atomic E-state index is 0.610. The van der Waals surface area contributed by atoms with Crippen molar-refractivity contribution in [1.82, 2.24) is 14.9 Å². The predicted molar refractivity (Wildman–Crippen MR) is 146 cm³/mol. The molecule has 0 atom stereocenters. The summed E-state index contributed by atoms with van der Waals surface area (Å²) in [5.41, 5.74) is 3.65. The Hall–Kier alpha value is -3.51. The van der Waals surface area contributed by atoms with Gasteiger partial charge in [-0.3, -0.25) is 4.99 Å². The summed E-state index contributed by atoms with van der Waals surface area (Å²) in [4.78, 5) is 17.6. The Bertz CT molecular complexity index is 1190. The van der Waals surface area contributed by atoms with Crippen LogP contribution in [0.1, 0.15) is 30.4 Å². The Morgan fingerprint density at radius 2 is 1.91 bits per heavy atom. The Morgan fingerprint density at radius 3 is 2.62 bits per heavy atom. The molecular formula is C28H34N6. The molecule has 0 spiro atoms. The second-order valence-corrected chi connectivity index (χ2v) is 8.87. The van der Waals surface area contributed by atoms with Gasteiger partial charge >= 0.3 is 0 Å². The van der Waals surface area contributed by atoms with Gasteiger partial charge in [0.15, 0.2) is 0 Å². The molecule has 6 heteroatoms. The van der Waals surface area contributed by atoms with E-state index < -0.39 is 0 Å². The normalized spacial score (nSPS) is 16.0. The highest BCUT2D eigenvalue weighted by molar-refractivity contribution is 5.90. The van der Waals surface area contributed by atoms with Gasteiger partial charge in [0.1, 0.15) is 11.6 Å². The standard InChI is InChI=1S/C14H13N3.C14H21N3/c1-15-14-7-13-6-10(12-4-5-16-8-12)2-3-11(13)9-17-14;1-4-12-5-8-15-14(11-12)17(3)13-6-9-16(2)10-7-13/h2-3,5-9H,4H2,1H3,(H,15,17);4-5,8,11,13H,1,6-7,9-10H2,2-3H3. The highest BCUT2D eigenvalue weighted by atomic mass is 15.2. The SMILES string of the molecule is C=Cc1ccnc(N(C)C2CCN(C)CC2)c1.CNc1cc2cc(C3=CN=CC3)ccc2cn1. The van der Waals surface area contributed by atoms with Crippen molar-refractivity contribution >= 4 is 40.3 Å². The second-order valence-electron chi connectivity index (χ2n) is 8.87. The molecule has 0 amide bonds. The molecule has 34 heavy (non-hydrogen) atoms. The molecule has 1 saturated heterocycles. The lowest BCUT2D eigenvalue weighted by Gasteiger charge is -2.35. The summed E-state index contributed by atoms with van der Waals surface area (Å²) in [5, 5.41) is 5.42. The van der Waals surface area contributed by atoms with E-state index in [9.17, 15) is 0 Å². The number of hydrogen-bond donors (Lipinski definition) is 1. The van der Waals surface area contributed by atoms with Gasteiger partial charge in [0.05, 0.1) is 0 Å². The van der Waals surface area contributed by atoms with Crippen LogP contribution in [-0.2, 0) is 0 Å². The van der Waals surface area contributed by atoms with Gasteiger partial charge in [0.2, 0.25) is 0 Å². The summed E-state index contributed by atoms with van der Waals surface area (Å²) >= 11 is 0. The van der Waals surface area contributed by atoms with Gasteiger partial charge < -0.3 is 15.1 Å². The van der Waals surface area contributed by atoms with Crippen LogP contribution in [0.5, 0.6) is 0 Å². The summed E-state index contributed by atoms with van der Waals surface area (Å²) in [6.07, 6.45) is 12.8. The smallest absolute Gasteiger partial charge is 0.129 e. The molecular weight excluding hydrogens is 420 g/mol. The number of fused-ring (bicyclic) bond motifs is 1. The van der Waals surface area contributed by atoms with E-state index >= 15 is 0 Å². The molecule has 1 fully saturated rings. The minimum atomic E-state index is 0.610. The summed E-state index contributed by atoms with van der Waals surface area (Å²) in [6, 6.07) is 13.2. The molecule has 0 saturated carbocycles. The van der Waals surface area contributed by atoms with E-state index in [4.69, 9.17) is 0 Å². The molecule has 1 N–H and O–H groups in total. The van der Waals surface area contributed by atoms with Crippen molar-refractivity contribution in [3.63, 3.8) is 0 Å². The molecule has 2 aliphatic rings. The number of benzene rings is 1. The van der Waals surface area contributed by atoms with Gasteiger partial charge in [-0.2, -0.15) is 0 Å². The molecule has 176 valence electrons. The maximum absolute atomic E-state index is 4.45. The summed E-state index contributed by atoms with van der Waals surface area (Å²) in [6.45, 7) is 6.15. The van der Waals surface area contributed by atoms with Crippen LogP contribution in [0.25, 0.3) is 22.4 Å². The Kier molecular flexibility index (Phi) is 7.70. The third-order valence-electron chi connectivity index (χ3n) is 6.60. The van der Waals surface area contributed by atoms with Gasteiger partial charge in [-0.05, 0) is 79.3 Å². The monoisotopic (exact) mass is 454 g/mol. The van der Waals surface area contributed by atoms with Crippen LogP contribution in [0.3, 0.4) is 0 Å². The number of anilines is 2. The quantitative estimate of drug-likeness (QED) is 0.563. The fraction of sp³-hybridized carbons (Fsp3) is 0.321. The summed E-state index contributed by atoms with van der Waals surface area (Å²) < 4.78 is 0. The Labute approximate surface area is 202 Å². The molecule has 5 rings (SSSR count). The predicted octanol–water partition coefficient (Wildman–Crippen LogP) is 5.35. The zero-order chi connectivity index (χ0) is 23.9. The number of pyridine rings is 2. The number of nitrogens with one attached hydrogen (secondary N) is 1. The van der Waals surface area contributed by atoms with Crippen LogP contribution < -0.4 is 10.2 Å². The van der Waals surface area contributed by atoms with Gasteiger partial charge in [0.25, 0.3) is 0 Å². The van der Waals surface area contributed by atoms with Gasteiger partial charge in [-0.1, -0.05) is 24.8 Å². The lowest BCUT2D eigenvalue weighted by atomic mass is 10.0. The van der Waals surface area contributed by atoms with E-state index in [0.29, 0.717) is 6.04 Å². The van der Waals surface area contributed by atoms with Crippen LogP contribution in [0.4, 0.5) is 11.6 Å². The van der Waals surface area contributed by atoms with Crippen molar-refractivity contribution in [1.29, 1.82) is 0 Å². The van der Waals surface area contributed by atoms with Crippen molar-refractivity contribution in [3.05, 3.63) is 72.7 Å². The highest BCUT2D eigenvalue weighted by Gasteiger charge is 2.21. The third kappa shape index (κ3) is 5.69. The van der Waals surface area contributed by atoms with Gasteiger partial charge in [-0.15, -0.1) is 0 Å². The van der Waals surface area contributed by atoms with Crippen molar-refractivity contribution in [2.45, 2.75) is 25.3 Å².